The summed E-state index contributed by atoms with van der Waals surface area (Å²) in [5, 5.41) is 0. The van der Waals surface area contributed by atoms with Crippen LogP contribution in [0.4, 0.5) is 13.2 Å². The molecule has 1 aliphatic rings. The summed E-state index contributed by atoms with van der Waals surface area (Å²) in [5.41, 5.74) is 4.77. The highest BCUT2D eigenvalue weighted by Crippen LogP contribution is 2.30. The monoisotopic (exact) mass is 238 g/mol. The topological polar surface area (TPSA) is 46.3 Å². The van der Waals surface area contributed by atoms with E-state index in [2.05, 4.69) is 0 Å². The maximum absolute atomic E-state index is 12.2. The van der Waals surface area contributed by atoms with Gasteiger partial charge in [-0.2, -0.15) is 13.2 Å². The molecule has 0 heterocycles. The zero-order valence-corrected chi connectivity index (χ0v) is 9.31. The molecule has 0 aliphatic heterocycles. The van der Waals surface area contributed by atoms with Crippen molar-refractivity contribution >= 4 is 5.91 Å². The van der Waals surface area contributed by atoms with Crippen molar-refractivity contribution in [2.24, 2.45) is 5.73 Å². The molecule has 0 aromatic heterocycles. The van der Waals surface area contributed by atoms with E-state index in [0.717, 1.165) is 17.7 Å². The van der Waals surface area contributed by atoms with Gasteiger partial charge in [0.1, 0.15) is 6.54 Å². The van der Waals surface area contributed by atoms with Crippen molar-refractivity contribution in [3.8, 4) is 0 Å². The molecule has 16 heavy (non-hydrogen) atoms. The molecule has 1 saturated carbocycles. The maximum Gasteiger partial charge on any atom is 0.406 e. The molecule has 1 aliphatic carbocycles. The fourth-order valence-electron chi connectivity index (χ4n) is 2.08. The third-order valence-corrected chi connectivity index (χ3v) is 2.96. The number of hydrogen-bond donors (Lipinski definition) is 1. The van der Waals surface area contributed by atoms with E-state index in [1.807, 2.05) is 0 Å². The predicted molar refractivity (Wildman–Crippen MR) is 53.7 cm³/mol. The lowest BCUT2D eigenvalue weighted by Crippen LogP contribution is -2.55. The molecule has 1 rings (SSSR count). The summed E-state index contributed by atoms with van der Waals surface area (Å²) in [6.45, 7) is 0.362. The van der Waals surface area contributed by atoms with Gasteiger partial charge in [-0.3, -0.25) is 4.79 Å². The smallest absolute Gasteiger partial charge is 0.332 e. The highest BCUT2D eigenvalue weighted by molar-refractivity contribution is 5.86. The van der Waals surface area contributed by atoms with E-state index in [9.17, 15) is 18.0 Å². The van der Waals surface area contributed by atoms with Gasteiger partial charge >= 0.3 is 6.18 Å². The first kappa shape index (κ1) is 13.3. The van der Waals surface area contributed by atoms with Gasteiger partial charge in [0.25, 0.3) is 0 Å². The summed E-state index contributed by atoms with van der Waals surface area (Å²) in [7, 11) is 0. The van der Waals surface area contributed by atoms with Gasteiger partial charge in [-0.15, -0.1) is 0 Å². The van der Waals surface area contributed by atoms with Crippen LogP contribution in [0.5, 0.6) is 0 Å². The minimum atomic E-state index is -4.36. The Hall–Kier alpha value is -0.780. The summed E-state index contributed by atoms with van der Waals surface area (Å²) in [6.07, 6.45) is -1.77. The van der Waals surface area contributed by atoms with E-state index < -0.39 is 24.2 Å². The molecule has 0 aromatic rings. The number of rotatable bonds is 3. The Bertz CT molecular complexity index is 259. The predicted octanol–water partition coefficient (Wildman–Crippen LogP) is 1.67. The second-order valence-electron chi connectivity index (χ2n) is 4.30. The van der Waals surface area contributed by atoms with Crippen molar-refractivity contribution < 1.29 is 18.0 Å². The molecule has 6 heteroatoms. The Morgan fingerprint density at radius 1 is 1.38 bits per heavy atom. The highest BCUT2D eigenvalue weighted by Gasteiger charge is 2.42. The number of nitrogens with two attached hydrogens (primary N) is 1. The van der Waals surface area contributed by atoms with Gasteiger partial charge in [0.05, 0.1) is 5.54 Å². The summed E-state index contributed by atoms with van der Waals surface area (Å²) in [4.78, 5) is 12.7. The van der Waals surface area contributed by atoms with Crippen LogP contribution in [0, 0.1) is 0 Å². The van der Waals surface area contributed by atoms with Crippen molar-refractivity contribution in [3.05, 3.63) is 0 Å². The number of likely N-dealkylation sites (N-methyl/N-ethyl adjacent to an activating group) is 1. The first-order chi connectivity index (χ1) is 7.28. The van der Waals surface area contributed by atoms with Crippen molar-refractivity contribution in [2.45, 2.75) is 44.3 Å². The first-order valence-corrected chi connectivity index (χ1v) is 5.43. The zero-order chi connectivity index (χ0) is 12.4. The van der Waals surface area contributed by atoms with Gasteiger partial charge < -0.3 is 10.6 Å². The molecular weight excluding hydrogens is 221 g/mol. The number of alkyl halides is 3. The van der Waals surface area contributed by atoms with Gasteiger partial charge in [-0.1, -0.05) is 12.8 Å². The Morgan fingerprint density at radius 2 is 1.88 bits per heavy atom. The van der Waals surface area contributed by atoms with E-state index in [1.54, 1.807) is 0 Å². The molecule has 0 bridgehead atoms. The molecule has 0 atom stereocenters. The van der Waals surface area contributed by atoms with Crippen LogP contribution < -0.4 is 5.73 Å². The summed E-state index contributed by atoms with van der Waals surface area (Å²) >= 11 is 0. The maximum atomic E-state index is 12.2. The average molecular weight is 238 g/mol. The molecule has 0 spiro atoms. The third-order valence-electron chi connectivity index (χ3n) is 2.96. The molecule has 0 saturated heterocycles. The summed E-state index contributed by atoms with van der Waals surface area (Å²) < 4.78 is 36.7. The Balaban J connectivity index is 2.69. The number of hydrogen-bond acceptors (Lipinski definition) is 2. The third kappa shape index (κ3) is 3.10. The molecule has 0 aromatic carbocycles. The van der Waals surface area contributed by atoms with Crippen molar-refractivity contribution in [2.75, 3.05) is 13.1 Å². The second kappa shape index (κ2) is 4.61. The molecular formula is C10H17F3N2O. The molecule has 94 valence electrons. The summed E-state index contributed by atoms with van der Waals surface area (Å²) in [5.74, 6) is -0.565. The first-order valence-electron chi connectivity index (χ1n) is 5.43. The van der Waals surface area contributed by atoms with Crippen molar-refractivity contribution in [1.82, 2.24) is 4.90 Å². The second-order valence-corrected chi connectivity index (χ2v) is 4.30. The van der Waals surface area contributed by atoms with Crippen LogP contribution in [-0.2, 0) is 4.79 Å². The van der Waals surface area contributed by atoms with Crippen LogP contribution in [0.3, 0.4) is 0 Å². The fraction of sp³-hybridized carbons (Fsp3) is 0.900. The largest absolute Gasteiger partial charge is 0.406 e. The zero-order valence-electron chi connectivity index (χ0n) is 9.31. The number of amides is 1. The van der Waals surface area contributed by atoms with Gasteiger partial charge in [0, 0.05) is 6.54 Å². The average Bonchev–Trinajstić information content (AvgIpc) is 2.60. The molecule has 0 radical (unpaired) electrons. The van der Waals surface area contributed by atoms with Gasteiger partial charge in [0.15, 0.2) is 0 Å². The number of carbonyl (C=O) groups excluding carboxylic acids is 1. The van der Waals surface area contributed by atoms with Crippen molar-refractivity contribution in [3.63, 3.8) is 0 Å². The molecule has 2 N–H and O–H groups in total. The molecule has 3 nitrogen and oxygen atoms in total. The normalized spacial score (nSPS) is 19.8. The van der Waals surface area contributed by atoms with E-state index in [4.69, 9.17) is 5.73 Å². The Labute approximate surface area is 92.8 Å². The van der Waals surface area contributed by atoms with E-state index in [-0.39, 0.29) is 6.54 Å². The quantitative estimate of drug-likeness (QED) is 0.813. The van der Waals surface area contributed by atoms with E-state index in [1.165, 1.54) is 6.92 Å². The van der Waals surface area contributed by atoms with Gasteiger partial charge in [0.2, 0.25) is 5.91 Å². The van der Waals surface area contributed by atoms with Crippen molar-refractivity contribution in [1.29, 1.82) is 0 Å². The highest BCUT2D eigenvalue weighted by atomic mass is 19.4. The van der Waals surface area contributed by atoms with Gasteiger partial charge in [-0.05, 0) is 19.8 Å². The van der Waals surface area contributed by atoms with Crippen LogP contribution >= 0.6 is 0 Å². The lowest BCUT2D eigenvalue weighted by atomic mass is 9.97. The number of carbonyl (C=O) groups is 1. The lowest BCUT2D eigenvalue weighted by molar-refractivity contribution is -0.164. The van der Waals surface area contributed by atoms with Gasteiger partial charge in [-0.25, -0.2) is 0 Å². The lowest BCUT2D eigenvalue weighted by Gasteiger charge is -2.31. The minimum absolute atomic E-state index is 0.0390. The minimum Gasteiger partial charge on any atom is -0.332 e. The molecule has 1 amide bonds. The van der Waals surface area contributed by atoms with Crippen LogP contribution in [-0.4, -0.2) is 35.6 Å². The van der Waals surface area contributed by atoms with E-state index >= 15 is 0 Å². The number of nitrogens with zero attached hydrogens (tertiary/aromatic N) is 1. The van der Waals surface area contributed by atoms with Crippen LogP contribution in [0.1, 0.15) is 32.6 Å². The molecule has 0 unspecified atom stereocenters. The van der Waals surface area contributed by atoms with Crippen LogP contribution in [0.15, 0.2) is 0 Å². The SMILES string of the molecule is CCN(CC(F)(F)F)C(=O)C1(N)CCCC1. The Morgan fingerprint density at radius 3 is 2.25 bits per heavy atom. The molecule has 1 fully saturated rings. The van der Waals surface area contributed by atoms with Crippen LogP contribution in [0.2, 0.25) is 0 Å². The summed E-state index contributed by atoms with van der Waals surface area (Å²) in [6, 6.07) is 0. The Kier molecular flexibility index (Phi) is 3.83. The van der Waals surface area contributed by atoms with E-state index in [0.29, 0.717) is 12.8 Å². The number of halogens is 3. The standard InChI is InChI=1S/C10H17F3N2O/c1-2-15(7-10(11,12)13)8(16)9(14)5-3-4-6-9/h2-7,14H2,1H3. The fourth-order valence-corrected chi connectivity index (χ4v) is 2.08. The van der Waals surface area contributed by atoms with Crippen LogP contribution in [0.25, 0.3) is 0 Å².